The van der Waals surface area contributed by atoms with Gasteiger partial charge in [-0.15, -0.1) is 0 Å². The largest absolute Gasteiger partial charge is 0.324 e. The van der Waals surface area contributed by atoms with Crippen LogP contribution in [0.3, 0.4) is 0 Å². The highest BCUT2D eigenvalue weighted by Gasteiger charge is 2.43. The van der Waals surface area contributed by atoms with Crippen molar-refractivity contribution in [3.05, 3.63) is 70.5 Å². The third kappa shape index (κ3) is 2.36. The molecule has 0 bridgehead atoms. The van der Waals surface area contributed by atoms with Gasteiger partial charge >= 0.3 is 0 Å². The molecule has 1 saturated carbocycles. The first kappa shape index (κ1) is 13.3. The van der Waals surface area contributed by atoms with Gasteiger partial charge in [0.2, 0.25) is 0 Å². The highest BCUT2D eigenvalue weighted by molar-refractivity contribution is 5.39. The van der Waals surface area contributed by atoms with Crippen LogP contribution in [0.2, 0.25) is 0 Å². The van der Waals surface area contributed by atoms with Crippen LogP contribution in [0, 0.1) is 25.6 Å². The quantitative estimate of drug-likeness (QED) is 0.886. The summed E-state index contributed by atoms with van der Waals surface area (Å²) in [7, 11) is 0. The van der Waals surface area contributed by atoms with Crippen LogP contribution in [0.1, 0.15) is 40.6 Å². The fraction of sp³-hybridized carbons (Fsp3) is 0.333. The molecule has 3 unspecified atom stereocenters. The Bertz CT molecular complexity index is 598. The lowest BCUT2D eigenvalue weighted by Gasteiger charge is -2.18. The Labute approximate surface area is 119 Å². The molecule has 2 N–H and O–H groups in total. The fourth-order valence-electron chi connectivity index (χ4n) is 3.36. The number of benzene rings is 2. The predicted molar refractivity (Wildman–Crippen MR) is 80.1 cm³/mol. The van der Waals surface area contributed by atoms with E-state index >= 15 is 0 Å². The lowest BCUT2D eigenvalue weighted by atomic mass is 9.92. The Morgan fingerprint density at radius 2 is 1.70 bits per heavy atom. The van der Waals surface area contributed by atoms with Crippen molar-refractivity contribution in [1.29, 1.82) is 0 Å². The van der Waals surface area contributed by atoms with Gasteiger partial charge in [0.25, 0.3) is 0 Å². The summed E-state index contributed by atoms with van der Waals surface area (Å²) in [5.41, 5.74) is 10.9. The van der Waals surface area contributed by atoms with Gasteiger partial charge in [0.15, 0.2) is 0 Å². The first-order valence-electron chi connectivity index (χ1n) is 7.15. The lowest BCUT2D eigenvalue weighted by Crippen LogP contribution is -2.16. The van der Waals surface area contributed by atoms with Crippen LogP contribution in [0.5, 0.6) is 0 Å². The lowest BCUT2D eigenvalue weighted by molar-refractivity contribution is 0.595. The Balaban J connectivity index is 1.84. The average Bonchev–Trinajstić information content (AvgIpc) is 3.18. The molecule has 104 valence electrons. The van der Waals surface area contributed by atoms with Crippen molar-refractivity contribution in [2.24, 2.45) is 11.7 Å². The fourth-order valence-corrected chi connectivity index (χ4v) is 3.36. The number of halogens is 1. The zero-order valence-electron chi connectivity index (χ0n) is 11.9. The molecule has 0 heterocycles. The minimum absolute atomic E-state index is 0.000746. The van der Waals surface area contributed by atoms with Crippen LogP contribution < -0.4 is 5.73 Å². The molecule has 20 heavy (non-hydrogen) atoms. The van der Waals surface area contributed by atoms with Crippen molar-refractivity contribution < 1.29 is 4.39 Å². The second-order valence-electron chi connectivity index (χ2n) is 5.90. The second kappa shape index (κ2) is 5.02. The van der Waals surface area contributed by atoms with Crippen molar-refractivity contribution in [3.8, 4) is 0 Å². The molecule has 0 spiro atoms. The maximum atomic E-state index is 13.4. The molecule has 1 fully saturated rings. The van der Waals surface area contributed by atoms with E-state index in [9.17, 15) is 4.39 Å². The standard InChI is InChI=1S/C18H20FN/c1-11-8-14(19)9-12(2)17(11)18(20)16-10-15(16)13-6-4-3-5-7-13/h3-9,15-16,18H,10,20H2,1-2H3. The predicted octanol–water partition coefficient (Wildman–Crippen LogP) is 4.25. The second-order valence-corrected chi connectivity index (χ2v) is 5.90. The van der Waals surface area contributed by atoms with E-state index in [0.717, 1.165) is 23.1 Å². The molecule has 2 aromatic rings. The molecule has 0 aliphatic heterocycles. The molecule has 2 aromatic carbocycles. The van der Waals surface area contributed by atoms with E-state index in [2.05, 4.69) is 24.3 Å². The van der Waals surface area contributed by atoms with Gasteiger partial charge in [-0.25, -0.2) is 4.39 Å². The Morgan fingerprint density at radius 3 is 2.30 bits per heavy atom. The third-order valence-electron chi connectivity index (χ3n) is 4.42. The van der Waals surface area contributed by atoms with Gasteiger partial charge in [0.05, 0.1) is 0 Å². The number of rotatable bonds is 3. The molecule has 1 aliphatic rings. The van der Waals surface area contributed by atoms with Crippen LogP contribution in [-0.4, -0.2) is 0 Å². The summed E-state index contributed by atoms with van der Waals surface area (Å²) in [6.45, 7) is 3.90. The molecule has 3 atom stereocenters. The summed E-state index contributed by atoms with van der Waals surface area (Å²) in [5.74, 6) is 0.849. The Hall–Kier alpha value is -1.67. The van der Waals surface area contributed by atoms with Crippen LogP contribution in [0.25, 0.3) is 0 Å². The van der Waals surface area contributed by atoms with Gasteiger partial charge in [-0.3, -0.25) is 0 Å². The molecule has 1 aliphatic carbocycles. The number of nitrogens with two attached hydrogens (primary N) is 1. The van der Waals surface area contributed by atoms with Crippen molar-refractivity contribution in [1.82, 2.24) is 0 Å². The van der Waals surface area contributed by atoms with Gasteiger partial charge < -0.3 is 5.73 Å². The molecule has 3 rings (SSSR count). The van der Waals surface area contributed by atoms with Gasteiger partial charge in [0, 0.05) is 6.04 Å². The van der Waals surface area contributed by atoms with Crippen molar-refractivity contribution in [3.63, 3.8) is 0 Å². The van der Waals surface area contributed by atoms with Crippen LogP contribution in [0.4, 0.5) is 4.39 Å². The van der Waals surface area contributed by atoms with Gasteiger partial charge in [-0.05, 0) is 66.5 Å². The topological polar surface area (TPSA) is 26.0 Å². The summed E-state index contributed by atoms with van der Waals surface area (Å²) in [6, 6.07) is 13.7. The zero-order chi connectivity index (χ0) is 14.3. The monoisotopic (exact) mass is 269 g/mol. The Kier molecular flexibility index (Phi) is 3.35. The molecule has 0 saturated heterocycles. The summed E-state index contributed by atoms with van der Waals surface area (Å²) < 4.78 is 13.4. The van der Waals surface area contributed by atoms with Crippen molar-refractivity contribution >= 4 is 0 Å². The highest BCUT2D eigenvalue weighted by Crippen LogP contribution is 2.53. The first-order chi connectivity index (χ1) is 9.58. The molecular formula is C18H20FN. The molecule has 0 aromatic heterocycles. The van der Waals surface area contributed by atoms with Crippen molar-refractivity contribution in [2.75, 3.05) is 0 Å². The summed E-state index contributed by atoms with van der Waals surface area (Å²) >= 11 is 0. The zero-order valence-corrected chi connectivity index (χ0v) is 11.9. The van der Waals surface area contributed by atoms with Crippen LogP contribution in [0.15, 0.2) is 42.5 Å². The summed E-state index contributed by atoms with van der Waals surface area (Å²) in [5, 5.41) is 0. The molecule has 2 heteroatoms. The normalized spacial score (nSPS) is 22.6. The summed E-state index contributed by atoms with van der Waals surface area (Å²) in [6.07, 6.45) is 1.13. The molecular weight excluding hydrogens is 249 g/mol. The maximum absolute atomic E-state index is 13.4. The maximum Gasteiger partial charge on any atom is 0.123 e. The molecule has 1 nitrogen and oxygen atoms in total. The summed E-state index contributed by atoms with van der Waals surface area (Å²) in [4.78, 5) is 0. The smallest absolute Gasteiger partial charge is 0.123 e. The van der Waals surface area contributed by atoms with E-state index in [1.54, 1.807) is 12.1 Å². The number of hydrogen-bond donors (Lipinski definition) is 1. The molecule has 0 amide bonds. The minimum Gasteiger partial charge on any atom is -0.324 e. The van der Waals surface area contributed by atoms with E-state index in [0.29, 0.717) is 11.8 Å². The van der Waals surface area contributed by atoms with Crippen molar-refractivity contribution in [2.45, 2.75) is 32.2 Å². The first-order valence-corrected chi connectivity index (χ1v) is 7.15. The minimum atomic E-state index is -0.175. The van der Waals surface area contributed by atoms with E-state index < -0.39 is 0 Å². The van der Waals surface area contributed by atoms with Crippen LogP contribution in [-0.2, 0) is 0 Å². The SMILES string of the molecule is Cc1cc(F)cc(C)c1C(N)C1CC1c1ccccc1. The van der Waals surface area contributed by atoms with Crippen LogP contribution >= 0.6 is 0 Å². The van der Waals surface area contributed by atoms with Gasteiger partial charge in [0.1, 0.15) is 5.82 Å². The highest BCUT2D eigenvalue weighted by atomic mass is 19.1. The van der Waals surface area contributed by atoms with E-state index in [1.165, 1.54) is 5.56 Å². The van der Waals surface area contributed by atoms with E-state index in [1.807, 2.05) is 19.9 Å². The number of aryl methyl sites for hydroxylation is 2. The van der Waals surface area contributed by atoms with E-state index in [4.69, 9.17) is 5.73 Å². The van der Waals surface area contributed by atoms with Gasteiger partial charge in [-0.2, -0.15) is 0 Å². The van der Waals surface area contributed by atoms with E-state index in [-0.39, 0.29) is 11.9 Å². The Morgan fingerprint density at radius 1 is 1.10 bits per heavy atom. The average molecular weight is 269 g/mol. The number of hydrogen-bond acceptors (Lipinski definition) is 1. The third-order valence-corrected chi connectivity index (χ3v) is 4.42. The molecule has 0 radical (unpaired) electrons. The van der Waals surface area contributed by atoms with Gasteiger partial charge in [-0.1, -0.05) is 30.3 Å².